The van der Waals surface area contributed by atoms with E-state index >= 15 is 0 Å². The zero-order valence-electron chi connectivity index (χ0n) is 14.0. The number of anilines is 1. The van der Waals surface area contributed by atoms with Gasteiger partial charge in [0.2, 0.25) is 0 Å². The molecule has 0 fully saturated rings. The van der Waals surface area contributed by atoms with E-state index in [1.54, 1.807) is 0 Å². The lowest BCUT2D eigenvalue weighted by molar-refractivity contribution is 1.14. The molecule has 0 N–H and O–H groups in total. The van der Waals surface area contributed by atoms with Crippen molar-refractivity contribution in [2.24, 2.45) is 0 Å². The molecule has 0 saturated heterocycles. The SMILES string of the molecule is CN(C)c1ccc2ccccc2c1-c1c(P)ccc2ccccc12. The highest BCUT2D eigenvalue weighted by Crippen LogP contribution is 2.39. The minimum atomic E-state index is 1.23. The molecular formula is C22H20NP. The highest BCUT2D eigenvalue weighted by atomic mass is 31.0. The van der Waals surface area contributed by atoms with Gasteiger partial charge in [-0.15, -0.1) is 9.24 Å². The number of hydrogen-bond donors (Lipinski definition) is 0. The zero-order chi connectivity index (χ0) is 16.7. The van der Waals surface area contributed by atoms with E-state index in [0.717, 1.165) is 0 Å². The first-order valence-corrected chi connectivity index (χ1v) is 8.71. The molecule has 4 aromatic carbocycles. The molecular weight excluding hydrogens is 309 g/mol. The maximum atomic E-state index is 2.92. The van der Waals surface area contributed by atoms with Crippen molar-refractivity contribution in [1.82, 2.24) is 0 Å². The summed E-state index contributed by atoms with van der Waals surface area (Å²) in [7, 11) is 7.14. The Bertz CT molecular complexity index is 1050. The van der Waals surface area contributed by atoms with Gasteiger partial charge >= 0.3 is 0 Å². The Labute approximate surface area is 145 Å². The van der Waals surface area contributed by atoms with Crippen LogP contribution in [0.15, 0.2) is 72.8 Å². The lowest BCUT2D eigenvalue weighted by atomic mass is 9.92. The average molecular weight is 329 g/mol. The van der Waals surface area contributed by atoms with Crippen molar-refractivity contribution in [2.45, 2.75) is 0 Å². The molecule has 1 nitrogen and oxygen atoms in total. The smallest absolute Gasteiger partial charge is 0.0447 e. The average Bonchev–Trinajstić information content (AvgIpc) is 2.61. The van der Waals surface area contributed by atoms with E-state index in [4.69, 9.17) is 0 Å². The van der Waals surface area contributed by atoms with Crippen LogP contribution >= 0.6 is 9.24 Å². The third kappa shape index (κ3) is 2.37. The Morgan fingerprint density at radius 3 is 1.79 bits per heavy atom. The van der Waals surface area contributed by atoms with Gasteiger partial charge in [0.15, 0.2) is 0 Å². The third-order valence-corrected chi connectivity index (χ3v) is 5.08. The fourth-order valence-electron chi connectivity index (χ4n) is 3.46. The Balaban J connectivity index is 2.21. The van der Waals surface area contributed by atoms with Crippen LogP contribution in [0.2, 0.25) is 0 Å². The van der Waals surface area contributed by atoms with Crippen LogP contribution in [0.25, 0.3) is 32.7 Å². The van der Waals surface area contributed by atoms with E-state index in [1.807, 2.05) is 0 Å². The molecule has 0 amide bonds. The molecule has 4 aromatic rings. The summed E-state index contributed by atoms with van der Waals surface area (Å²) in [5.74, 6) is 0. The fourth-order valence-corrected chi connectivity index (χ4v) is 3.86. The Kier molecular flexibility index (Phi) is 3.75. The fraction of sp³-hybridized carbons (Fsp3) is 0.0909. The van der Waals surface area contributed by atoms with Gasteiger partial charge in [-0.2, -0.15) is 0 Å². The minimum absolute atomic E-state index is 1.23. The number of fused-ring (bicyclic) bond motifs is 2. The molecule has 0 aliphatic heterocycles. The number of hydrogen-bond acceptors (Lipinski definition) is 1. The van der Waals surface area contributed by atoms with E-state index in [0.29, 0.717) is 0 Å². The van der Waals surface area contributed by atoms with Gasteiger partial charge in [0, 0.05) is 25.3 Å². The molecule has 0 aliphatic rings. The maximum absolute atomic E-state index is 2.92. The van der Waals surface area contributed by atoms with E-state index < -0.39 is 0 Å². The summed E-state index contributed by atoms with van der Waals surface area (Å²) in [4.78, 5) is 2.20. The maximum Gasteiger partial charge on any atom is 0.0447 e. The molecule has 24 heavy (non-hydrogen) atoms. The first kappa shape index (κ1) is 15.2. The quantitative estimate of drug-likeness (QED) is 0.455. The molecule has 2 heteroatoms. The predicted octanol–water partition coefficient (Wildman–Crippen LogP) is 5.23. The van der Waals surface area contributed by atoms with Gasteiger partial charge in [0.25, 0.3) is 0 Å². The second-order valence-electron chi connectivity index (χ2n) is 6.33. The van der Waals surface area contributed by atoms with Gasteiger partial charge in [0.05, 0.1) is 0 Å². The number of benzene rings is 4. The number of nitrogens with zero attached hydrogens (tertiary/aromatic N) is 1. The first-order chi connectivity index (χ1) is 11.7. The van der Waals surface area contributed by atoms with Crippen molar-refractivity contribution in [3.8, 4) is 11.1 Å². The normalized spacial score (nSPS) is 11.1. The van der Waals surface area contributed by atoms with Gasteiger partial charge < -0.3 is 4.90 Å². The second-order valence-corrected chi connectivity index (χ2v) is 6.95. The summed E-state index contributed by atoms with van der Waals surface area (Å²) in [6, 6.07) is 26.1. The van der Waals surface area contributed by atoms with Crippen LogP contribution in [0.4, 0.5) is 5.69 Å². The van der Waals surface area contributed by atoms with Crippen molar-refractivity contribution in [1.29, 1.82) is 0 Å². The number of rotatable bonds is 2. The third-order valence-electron chi connectivity index (χ3n) is 4.60. The standard InChI is InChI=1S/C22H20NP/c1-23(2)19-13-11-15-7-3-5-9-17(15)21(19)22-18-10-6-4-8-16(18)12-14-20(22)24/h3-14H,24H2,1-2H3. The molecule has 0 saturated carbocycles. The molecule has 1 unspecified atom stereocenters. The van der Waals surface area contributed by atoms with Crippen LogP contribution in [0.3, 0.4) is 0 Å². The van der Waals surface area contributed by atoms with Gasteiger partial charge in [0.1, 0.15) is 0 Å². The zero-order valence-corrected chi connectivity index (χ0v) is 15.1. The van der Waals surface area contributed by atoms with E-state index in [-0.39, 0.29) is 0 Å². The summed E-state index contributed by atoms with van der Waals surface area (Å²) in [5, 5.41) is 6.37. The molecule has 0 aromatic heterocycles. The highest BCUT2D eigenvalue weighted by molar-refractivity contribution is 7.28. The monoisotopic (exact) mass is 329 g/mol. The molecule has 0 radical (unpaired) electrons. The Morgan fingerprint density at radius 2 is 1.17 bits per heavy atom. The van der Waals surface area contributed by atoms with Gasteiger partial charge in [-0.3, -0.25) is 0 Å². The largest absolute Gasteiger partial charge is 0.377 e. The predicted molar refractivity (Wildman–Crippen MR) is 111 cm³/mol. The summed E-state index contributed by atoms with van der Waals surface area (Å²) in [6.45, 7) is 0. The first-order valence-electron chi connectivity index (χ1n) is 8.13. The van der Waals surface area contributed by atoms with Crippen molar-refractivity contribution < 1.29 is 0 Å². The van der Waals surface area contributed by atoms with Crippen LogP contribution in [-0.2, 0) is 0 Å². The van der Waals surface area contributed by atoms with Crippen LogP contribution in [0, 0.1) is 0 Å². The van der Waals surface area contributed by atoms with Crippen LogP contribution < -0.4 is 10.2 Å². The van der Waals surface area contributed by atoms with Crippen molar-refractivity contribution in [3.63, 3.8) is 0 Å². The molecule has 0 heterocycles. The molecule has 0 spiro atoms. The summed E-state index contributed by atoms with van der Waals surface area (Å²) in [5.41, 5.74) is 3.85. The Hall–Kier alpha value is -2.37. The lowest BCUT2D eigenvalue weighted by Gasteiger charge is -2.22. The lowest BCUT2D eigenvalue weighted by Crippen LogP contribution is -2.11. The minimum Gasteiger partial charge on any atom is -0.377 e. The van der Waals surface area contributed by atoms with E-state index in [9.17, 15) is 0 Å². The summed E-state index contributed by atoms with van der Waals surface area (Å²) >= 11 is 0. The van der Waals surface area contributed by atoms with Crippen LogP contribution in [0.5, 0.6) is 0 Å². The van der Waals surface area contributed by atoms with Crippen molar-refractivity contribution >= 4 is 41.8 Å². The van der Waals surface area contributed by atoms with Crippen molar-refractivity contribution in [3.05, 3.63) is 72.8 Å². The summed E-state index contributed by atoms with van der Waals surface area (Å²) < 4.78 is 0. The summed E-state index contributed by atoms with van der Waals surface area (Å²) in [6.07, 6.45) is 0. The van der Waals surface area contributed by atoms with Gasteiger partial charge in [-0.05, 0) is 38.5 Å². The van der Waals surface area contributed by atoms with Crippen LogP contribution in [0.1, 0.15) is 0 Å². The highest BCUT2D eigenvalue weighted by Gasteiger charge is 2.16. The van der Waals surface area contributed by atoms with Crippen LogP contribution in [-0.4, -0.2) is 14.1 Å². The van der Waals surface area contributed by atoms with E-state index in [2.05, 4.69) is 101 Å². The molecule has 0 bridgehead atoms. The molecule has 4 rings (SSSR count). The Morgan fingerprint density at radius 1 is 0.625 bits per heavy atom. The molecule has 0 aliphatic carbocycles. The topological polar surface area (TPSA) is 3.24 Å². The molecule has 118 valence electrons. The van der Waals surface area contributed by atoms with Crippen molar-refractivity contribution in [2.75, 3.05) is 19.0 Å². The molecule has 1 atom stereocenters. The van der Waals surface area contributed by atoms with Gasteiger partial charge in [-0.25, -0.2) is 0 Å². The van der Waals surface area contributed by atoms with Gasteiger partial charge in [-0.1, -0.05) is 66.7 Å². The van der Waals surface area contributed by atoms with E-state index in [1.165, 1.54) is 43.7 Å². The second kappa shape index (κ2) is 5.92.